The van der Waals surface area contributed by atoms with E-state index in [1.807, 2.05) is 62.4 Å². The SMILES string of the molecule is Cc1ccc(N(C(=O)c2ccc(C(F)(F)F)cc2)c2ccc(C)cc2)cc1. The number of benzene rings is 3. The summed E-state index contributed by atoms with van der Waals surface area (Å²) in [6, 6.07) is 19.1. The van der Waals surface area contributed by atoms with Gasteiger partial charge in [-0.3, -0.25) is 9.69 Å². The topological polar surface area (TPSA) is 20.3 Å². The summed E-state index contributed by atoms with van der Waals surface area (Å²) < 4.78 is 38.4. The molecule has 0 fully saturated rings. The molecular formula is C22H18F3NO. The van der Waals surface area contributed by atoms with Crippen molar-refractivity contribution in [3.05, 3.63) is 95.1 Å². The molecule has 27 heavy (non-hydrogen) atoms. The minimum absolute atomic E-state index is 0.184. The number of aryl methyl sites for hydroxylation is 2. The van der Waals surface area contributed by atoms with Crippen LogP contribution < -0.4 is 4.90 Å². The highest BCUT2D eigenvalue weighted by atomic mass is 19.4. The molecule has 5 heteroatoms. The monoisotopic (exact) mass is 369 g/mol. The Balaban J connectivity index is 2.03. The number of carbonyl (C=O) groups is 1. The molecule has 0 heterocycles. The molecule has 3 aromatic carbocycles. The second-order valence-corrected chi connectivity index (χ2v) is 6.39. The number of carbonyl (C=O) groups excluding carboxylic acids is 1. The Morgan fingerprint density at radius 3 is 1.48 bits per heavy atom. The maximum absolute atomic E-state index is 13.1. The van der Waals surface area contributed by atoms with Crippen LogP contribution in [0.25, 0.3) is 0 Å². The molecule has 0 N–H and O–H groups in total. The lowest BCUT2D eigenvalue weighted by Gasteiger charge is -2.24. The van der Waals surface area contributed by atoms with Crippen molar-refractivity contribution < 1.29 is 18.0 Å². The summed E-state index contributed by atoms with van der Waals surface area (Å²) in [5, 5.41) is 0. The predicted molar refractivity (Wildman–Crippen MR) is 100 cm³/mol. The Morgan fingerprint density at radius 2 is 1.11 bits per heavy atom. The van der Waals surface area contributed by atoms with Gasteiger partial charge >= 0.3 is 6.18 Å². The van der Waals surface area contributed by atoms with Gasteiger partial charge in [0.25, 0.3) is 5.91 Å². The summed E-state index contributed by atoms with van der Waals surface area (Å²) in [4.78, 5) is 14.6. The average Bonchev–Trinajstić information content (AvgIpc) is 2.64. The minimum atomic E-state index is -4.44. The van der Waals surface area contributed by atoms with E-state index in [4.69, 9.17) is 0 Å². The molecule has 0 unspecified atom stereocenters. The highest BCUT2D eigenvalue weighted by molar-refractivity contribution is 6.10. The first-order valence-electron chi connectivity index (χ1n) is 8.41. The van der Waals surface area contributed by atoms with Crippen molar-refractivity contribution in [2.45, 2.75) is 20.0 Å². The van der Waals surface area contributed by atoms with Crippen LogP contribution in [0.2, 0.25) is 0 Å². The Kier molecular flexibility index (Phi) is 5.04. The van der Waals surface area contributed by atoms with Crippen LogP contribution in [0.4, 0.5) is 24.5 Å². The lowest BCUT2D eigenvalue weighted by atomic mass is 10.1. The van der Waals surface area contributed by atoms with Gasteiger partial charge in [-0.2, -0.15) is 13.2 Å². The molecule has 0 aliphatic rings. The van der Waals surface area contributed by atoms with Crippen molar-refractivity contribution in [3.63, 3.8) is 0 Å². The number of rotatable bonds is 3. The van der Waals surface area contributed by atoms with Crippen LogP contribution in [0.1, 0.15) is 27.0 Å². The fourth-order valence-electron chi connectivity index (χ4n) is 2.70. The summed E-state index contributed by atoms with van der Waals surface area (Å²) in [6.45, 7) is 3.88. The summed E-state index contributed by atoms with van der Waals surface area (Å²) in [5.74, 6) is -0.392. The molecule has 2 nitrogen and oxygen atoms in total. The van der Waals surface area contributed by atoms with E-state index in [-0.39, 0.29) is 5.56 Å². The van der Waals surface area contributed by atoms with E-state index in [1.165, 1.54) is 17.0 Å². The third kappa shape index (κ3) is 4.19. The molecule has 0 aromatic heterocycles. The lowest BCUT2D eigenvalue weighted by molar-refractivity contribution is -0.137. The van der Waals surface area contributed by atoms with Gasteiger partial charge in [0.2, 0.25) is 0 Å². The molecule has 0 atom stereocenters. The second-order valence-electron chi connectivity index (χ2n) is 6.39. The van der Waals surface area contributed by atoms with Crippen LogP contribution in [0.3, 0.4) is 0 Å². The largest absolute Gasteiger partial charge is 0.416 e. The number of alkyl halides is 3. The van der Waals surface area contributed by atoms with Crippen molar-refractivity contribution >= 4 is 17.3 Å². The van der Waals surface area contributed by atoms with Crippen LogP contribution in [0.5, 0.6) is 0 Å². The maximum Gasteiger partial charge on any atom is 0.416 e. The molecule has 0 aliphatic carbocycles. The van der Waals surface area contributed by atoms with Crippen LogP contribution in [-0.2, 0) is 6.18 Å². The quantitative estimate of drug-likeness (QED) is 0.530. The van der Waals surface area contributed by atoms with E-state index in [2.05, 4.69) is 0 Å². The zero-order valence-electron chi connectivity index (χ0n) is 14.9. The summed E-state index contributed by atoms with van der Waals surface area (Å²) in [6.07, 6.45) is -4.44. The van der Waals surface area contributed by atoms with Crippen molar-refractivity contribution in [3.8, 4) is 0 Å². The number of hydrogen-bond acceptors (Lipinski definition) is 1. The third-order valence-corrected chi connectivity index (χ3v) is 4.25. The molecule has 3 rings (SSSR count). The van der Waals surface area contributed by atoms with E-state index >= 15 is 0 Å². The smallest absolute Gasteiger partial charge is 0.277 e. The van der Waals surface area contributed by atoms with Gasteiger partial charge in [0.05, 0.1) is 5.56 Å². The summed E-state index contributed by atoms with van der Waals surface area (Å²) in [7, 11) is 0. The number of halogens is 3. The normalized spacial score (nSPS) is 11.3. The van der Waals surface area contributed by atoms with Gasteiger partial charge in [0.15, 0.2) is 0 Å². The Labute approximate surface area is 155 Å². The van der Waals surface area contributed by atoms with E-state index in [9.17, 15) is 18.0 Å². The zero-order valence-corrected chi connectivity index (χ0v) is 14.9. The first-order chi connectivity index (χ1) is 12.8. The van der Waals surface area contributed by atoms with Crippen molar-refractivity contribution in [2.75, 3.05) is 4.90 Å². The lowest BCUT2D eigenvalue weighted by Crippen LogP contribution is -2.26. The molecular weight excluding hydrogens is 351 g/mol. The predicted octanol–water partition coefficient (Wildman–Crippen LogP) is 6.30. The van der Waals surface area contributed by atoms with E-state index in [1.54, 1.807) is 0 Å². The van der Waals surface area contributed by atoms with E-state index < -0.39 is 17.6 Å². The molecule has 3 aromatic rings. The number of anilines is 2. The van der Waals surface area contributed by atoms with Crippen molar-refractivity contribution in [1.82, 2.24) is 0 Å². The van der Waals surface area contributed by atoms with Crippen LogP contribution >= 0.6 is 0 Å². The zero-order chi connectivity index (χ0) is 19.6. The first kappa shape index (κ1) is 18.7. The molecule has 0 spiro atoms. The van der Waals surface area contributed by atoms with Gasteiger partial charge in [-0.05, 0) is 62.4 Å². The Morgan fingerprint density at radius 1 is 0.704 bits per heavy atom. The molecule has 0 saturated carbocycles. The van der Waals surface area contributed by atoms with Crippen LogP contribution in [-0.4, -0.2) is 5.91 Å². The van der Waals surface area contributed by atoms with Crippen molar-refractivity contribution in [2.24, 2.45) is 0 Å². The minimum Gasteiger partial charge on any atom is -0.277 e. The summed E-state index contributed by atoms with van der Waals surface area (Å²) in [5.41, 5.74) is 2.79. The molecule has 138 valence electrons. The van der Waals surface area contributed by atoms with Crippen LogP contribution in [0, 0.1) is 13.8 Å². The molecule has 1 amide bonds. The average molecular weight is 369 g/mol. The number of amides is 1. The molecule has 0 saturated heterocycles. The highest BCUT2D eigenvalue weighted by Gasteiger charge is 2.30. The third-order valence-electron chi connectivity index (χ3n) is 4.25. The summed E-state index contributed by atoms with van der Waals surface area (Å²) >= 11 is 0. The second kappa shape index (κ2) is 7.27. The Hall–Kier alpha value is -3.08. The van der Waals surface area contributed by atoms with Gasteiger partial charge in [-0.25, -0.2) is 0 Å². The molecule has 0 bridgehead atoms. The number of hydrogen-bond donors (Lipinski definition) is 0. The van der Waals surface area contributed by atoms with Crippen LogP contribution in [0.15, 0.2) is 72.8 Å². The van der Waals surface area contributed by atoms with Gasteiger partial charge < -0.3 is 0 Å². The Bertz CT molecular complexity index is 882. The van der Waals surface area contributed by atoms with E-state index in [0.29, 0.717) is 11.4 Å². The molecule has 0 aliphatic heterocycles. The fraction of sp³-hybridized carbons (Fsp3) is 0.136. The van der Waals surface area contributed by atoms with Gasteiger partial charge in [0, 0.05) is 16.9 Å². The highest BCUT2D eigenvalue weighted by Crippen LogP contribution is 2.31. The fourth-order valence-corrected chi connectivity index (χ4v) is 2.70. The maximum atomic E-state index is 13.1. The first-order valence-corrected chi connectivity index (χ1v) is 8.41. The molecule has 0 radical (unpaired) electrons. The van der Waals surface area contributed by atoms with E-state index in [0.717, 1.165) is 23.3 Å². The van der Waals surface area contributed by atoms with Crippen molar-refractivity contribution in [1.29, 1.82) is 0 Å². The number of nitrogens with zero attached hydrogens (tertiary/aromatic N) is 1. The van der Waals surface area contributed by atoms with Gasteiger partial charge in [-0.1, -0.05) is 35.4 Å². The van der Waals surface area contributed by atoms with Gasteiger partial charge in [0.1, 0.15) is 0 Å². The standard InChI is InChI=1S/C22H18F3NO/c1-15-3-11-19(12-4-15)26(20-13-5-16(2)6-14-20)21(27)17-7-9-18(10-8-17)22(23,24)25/h3-14H,1-2H3. The van der Waals surface area contributed by atoms with Gasteiger partial charge in [-0.15, -0.1) is 0 Å².